The van der Waals surface area contributed by atoms with E-state index >= 15 is 0 Å². The van der Waals surface area contributed by atoms with Gasteiger partial charge in [0.1, 0.15) is 11.6 Å². The quantitative estimate of drug-likeness (QED) is 0.542. The molecule has 1 N–H and O–H groups in total. The van der Waals surface area contributed by atoms with Crippen LogP contribution in [0.4, 0.5) is 0 Å². The minimum absolute atomic E-state index is 0.0203. The average molecular weight is 377 g/mol. The standard InChI is InChI=1S/C21H17ClN4O/c1-24-21(27)17(12-23)11-18-14-26(13-16-9-5-6-10-19(16)22)25-20(18)15-7-3-2-4-8-15/h2-11,14H,13H2,1H3,(H,24,27)/b17-11+. The Balaban J connectivity index is 2.07. The SMILES string of the molecule is CNC(=O)/C(C#N)=C/c1cn(Cc2ccccc2Cl)nc1-c1ccccc1. The predicted octanol–water partition coefficient (Wildman–Crippen LogP) is 3.90. The van der Waals surface area contributed by atoms with E-state index in [0.29, 0.717) is 22.8 Å². The van der Waals surface area contributed by atoms with Gasteiger partial charge in [-0.1, -0.05) is 60.1 Å². The smallest absolute Gasteiger partial charge is 0.261 e. The summed E-state index contributed by atoms with van der Waals surface area (Å²) in [4.78, 5) is 11.9. The molecule has 0 bridgehead atoms. The zero-order valence-electron chi connectivity index (χ0n) is 14.7. The summed E-state index contributed by atoms with van der Waals surface area (Å²) in [6, 6.07) is 19.1. The van der Waals surface area contributed by atoms with Gasteiger partial charge in [-0.2, -0.15) is 10.4 Å². The number of amides is 1. The minimum Gasteiger partial charge on any atom is -0.354 e. The van der Waals surface area contributed by atoms with E-state index in [1.807, 2.05) is 66.9 Å². The molecule has 1 aromatic heterocycles. The molecule has 0 spiro atoms. The fourth-order valence-electron chi connectivity index (χ4n) is 2.68. The first-order chi connectivity index (χ1) is 13.1. The molecular formula is C21H17ClN4O. The number of nitrogens with zero attached hydrogens (tertiary/aromatic N) is 3. The number of likely N-dealkylation sites (N-methyl/N-ethyl adjacent to an activating group) is 1. The van der Waals surface area contributed by atoms with Gasteiger partial charge in [0.2, 0.25) is 0 Å². The molecule has 3 aromatic rings. The highest BCUT2D eigenvalue weighted by Gasteiger charge is 2.14. The lowest BCUT2D eigenvalue weighted by Crippen LogP contribution is -2.19. The van der Waals surface area contributed by atoms with Gasteiger partial charge in [-0.05, 0) is 17.7 Å². The second-order valence-corrected chi connectivity index (χ2v) is 6.24. The van der Waals surface area contributed by atoms with Gasteiger partial charge in [-0.3, -0.25) is 9.48 Å². The Kier molecular flexibility index (Phi) is 5.70. The third kappa shape index (κ3) is 4.25. The van der Waals surface area contributed by atoms with Gasteiger partial charge < -0.3 is 5.32 Å². The van der Waals surface area contributed by atoms with Gasteiger partial charge in [0.05, 0.1) is 12.2 Å². The highest BCUT2D eigenvalue weighted by Crippen LogP contribution is 2.25. The Morgan fingerprint density at radius 3 is 2.59 bits per heavy atom. The maximum absolute atomic E-state index is 11.9. The number of benzene rings is 2. The summed E-state index contributed by atoms with van der Waals surface area (Å²) < 4.78 is 1.76. The summed E-state index contributed by atoms with van der Waals surface area (Å²) in [5.74, 6) is -0.435. The molecule has 1 amide bonds. The normalized spacial score (nSPS) is 11.1. The lowest BCUT2D eigenvalue weighted by molar-refractivity contribution is -0.116. The van der Waals surface area contributed by atoms with E-state index in [-0.39, 0.29) is 5.57 Å². The van der Waals surface area contributed by atoms with Crippen molar-refractivity contribution in [2.24, 2.45) is 0 Å². The van der Waals surface area contributed by atoms with Crippen LogP contribution >= 0.6 is 11.6 Å². The van der Waals surface area contributed by atoms with Gasteiger partial charge in [0.25, 0.3) is 5.91 Å². The summed E-state index contributed by atoms with van der Waals surface area (Å²) in [7, 11) is 1.49. The number of nitriles is 1. The highest BCUT2D eigenvalue weighted by atomic mass is 35.5. The van der Waals surface area contributed by atoms with Crippen molar-refractivity contribution in [3.05, 3.63) is 82.5 Å². The molecule has 0 saturated heterocycles. The molecule has 27 heavy (non-hydrogen) atoms. The molecule has 0 unspecified atom stereocenters. The van der Waals surface area contributed by atoms with Crippen molar-refractivity contribution in [3.8, 4) is 17.3 Å². The highest BCUT2D eigenvalue weighted by molar-refractivity contribution is 6.31. The molecule has 2 aromatic carbocycles. The largest absolute Gasteiger partial charge is 0.354 e. The summed E-state index contributed by atoms with van der Waals surface area (Å²) >= 11 is 6.26. The van der Waals surface area contributed by atoms with E-state index in [0.717, 1.165) is 11.1 Å². The number of rotatable bonds is 5. The van der Waals surface area contributed by atoms with Crippen molar-refractivity contribution in [1.82, 2.24) is 15.1 Å². The first-order valence-electron chi connectivity index (χ1n) is 8.32. The van der Waals surface area contributed by atoms with Crippen LogP contribution in [0.1, 0.15) is 11.1 Å². The molecule has 1 heterocycles. The number of hydrogen-bond acceptors (Lipinski definition) is 3. The zero-order chi connectivity index (χ0) is 19.2. The fourth-order valence-corrected chi connectivity index (χ4v) is 2.88. The molecule has 5 nitrogen and oxygen atoms in total. The third-order valence-electron chi connectivity index (χ3n) is 4.02. The molecule has 3 rings (SSSR count). The molecule has 6 heteroatoms. The summed E-state index contributed by atoms with van der Waals surface area (Å²) in [5, 5.41) is 17.1. The summed E-state index contributed by atoms with van der Waals surface area (Å²) in [5.41, 5.74) is 3.24. The van der Waals surface area contributed by atoms with Crippen molar-refractivity contribution in [2.75, 3.05) is 7.05 Å². The van der Waals surface area contributed by atoms with Crippen LogP contribution in [0.2, 0.25) is 5.02 Å². The Morgan fingerprint density at radius 1 is 1.22 bits per heavy atom. The van der Waals surface area contributed by atoms with Gasteiger partial charge >= 0.3 is 0 Å². The van der Waals surface area contributed by atoms with Crippen molar-refractivity contribution < 1.29 is 4.79 Å². The van der Waals surface area contributed by atoms with Crippen molar-refractivity contribution >= 4 is 23.6 Å². The monoisotopic (exact) mass is 376 g/mol. The molecule has 0 atom stereocenters. The van der Waals surface area contributed by atoms with Crippen LogP contribution in [-0.4, -0.2) is 22.7 Å². The molecule has 134 valence electrons. The van der Waals surface area contributed by atoms with E-state index in [4.69, 9.17) is 11.6 Å². The number of aromatic nitrogens is 2. The van der Waals surface area contributed by atoms with E-state index < -0.39 is 5.91 Å². The first kappa shape index (κ1) is 18.4. The Morgan fingerprint density at radius 2 is 1.93 bits per heavy atom. The molecule has 0 saturated carbocycles. The van der Waals surface area contributed by atoms with Crippen LogP contribution < -0.4 is 5.32 Å². The van der Waals surface area contributed by atoms with Crippen LogP contribution in [0, 0.1) is 11.3 Å². The second kappa shape index (κ2) is 8.35. The Labute approximate surface area is 162 Å². The van der Waals surface area contributed by atoms with E-state index in [2.05, 4.69) is 10.4 Å². The number of halogens is 1. The molecule has 0 aliphatic carbocycles. The van der Waals surface area contributed by atoms with Crippen LogP contribution in [-0.2, 0) is 11.3 Å². The average Bonchev–Trinajstić information content (AvgIpc) is 3.10. The van der Waals surface area contributed by atoms with E-state index in [1.165, 1.54) is 7.05 Å². The molecule has 0 aliphatic heterocycles. The van der Waals surface area contributed by atoms with Crippen molar-refractivity contribution in [2.45, 2.75) is 6.54 Å². The topological polar surface area (TPSA) is 70.7 Å². The third-order valence-corrected chi connectivity index (χ3v) is 4.39. The van der Waals surface area contributed by atoms with Gasteiger partial charge in [-0.15, -0.1) is 0 Å². The first-order valence-corrected chi connectivity index (χ1v) is 8.70. The van der Waals surface area contributed by atoms with Crippen LogP contribution in [0.3, 0.4) is 0 Å². The molecule has 0 fully saturated rings. The number of hydrogen-bond donors (Lipinski definition) is 1. The maximum atomic E-state index is 11.9. The zero-order valence-corrected chi connectivity index (χ0v) is 15.4. The molecular weight excluding hydrogens is 360 g/mol. The van der Waals surface area contributed by atoms with Crippen LogP contribution in [0.15, 0.2) is 66.4 Å². The maximum Gasteiger partial charge on any atom is 0.261 e. The number of carbonyl (C=O) groups is 1. The van der Waals surface area contributed by atoms with Gasteiger partial charge in [0.15, 0.2) is 0 Å². The Bertz CT molecular complexity index is 1030. The second-order valence-electron chi connectivity index (χ2n) is 5.84. The Hall–Kier alpha value is -3.36. The van der Waals surface area contributed by atoms with E-state index in [1.54, 1.807) is 10.8 Å². The molecule has 0 radical (unpaired) electrons. The number of nitrogens with one attached hydrogen (secondary N) is 1. The van der Waals surface area contributed by atoms with Crippen LogP contribution in [0.25, 0.3) is 17.3 Å². The van der Waals surface area contributed by atoms with Crippen molar-refractivity contribution in [3.63, 3.8) is 0 Å². The van der Waals surface area contributed by atoms with Gasteiger partial charge in [0, 0.05) is 29.4 Å². The fraction of sp³-hybridized carbons (Fsp3) is 0.0952. The summed E-state index contributed by atoms with van der Waals surface area (Å²) in [6.07, 6.45) is 3.36. The lowest BCUT2D eigenvalue weighted by atomic mass is 10.1. The van der Waals surface area contributed by atoms with Crippen molar-refractivity contribution in [1.29, 1.82) is 5.26 Å². The summed E-state index contributed by atoms with van der Waals surface area (Å²) in [6.45, 7) is 0.481. The van der Waals surface area contributed by atoms with Gasteiger partial charge in [-0.25, -0.2) is 0 Å². The lowest BCUT2D eigenvalue weighted by Gasteiger charge is -2.04. The van der Waals surface area contributed by atoms with Crippen LogP contribution in [0.5, 0.6) is 0 Å². The predicted molar refractivity (Wildman–Crippen MR) is 106 cm³/mol. The number of carbonyl (C=O) groups excluding carboxylic acids is 1. The molecule has 0 aliphatic rings. The minimum atomic E-state index is -0.435. The van der Waals surface area contributed by atoms with E-state index in [9.17, 15) is 10.1 Å².